The molecule has 0 aliphatic heterocycles. The van der Waals surface area contributed by atoms with Crippen molar-refractivity contribution in [3.63, 3.8) is 0 Å². The molecule has 0 aliphatic rings. The van der Waals surface area contributed by atoms with Gasteiger partial charge in [0.2, 0.25) is 0 Å². The maximum atomic E-state index is 12.4. The number of aryl methyl sites for hydroxylation is 2. The van der Waals surface area contributed by atoms with Gasteiger partial charge >= 0.3 is 12.2 Å². The van der Waals surface area contributed by atoms with Crippen LogP contribution in [-0.4, -0.2) is 61.3 Å². The van der Waals surface area contributed by atoms with Crippen molar-refractivity contribution in [2.24, 2.45) is 0 Å². The van der Waals surface area contributed by atoms with Crippen LogP contribution in [0.4, 0.5) is 9.59 Å². The zero-order valence-corrected chi connectivity index (χ0v) is 27.6. The average Bonchev–Trinajstić information content (AvgIpc) is 2.91. The lowest BCUT2D eigenvalue weighted by atomic mass is 10.1. The van der Waals surface area contributed by atoms with E-state index in [0.29, 0.717) is 24.6 Å². The van der Waals surface area contributed by atoms with Crippen molar-refractivity contribution in [1.29, 1.82) is 0 Å². The Morgan fingerprint density at radius 3 is 1.36 bits per heavy atom. The van der Waals surface area contributed by atoms with Crippen LogP contribution in [0.25, 0.3) is 12.2 Å². The van der Waals surface area contributed by atoms with Crippen LogP contribution in [0.5, 0.6) is 11.5 Å². The number of allylic oxidation sites excluding steroid dienone is 2. The lowest BCUT2D eigenvalue weighted by Crippen LogP contribution is -2.34. The molecule has 2 aromatic rings. The Kier molecular flexibility index (Phi) is 13.9. The molecule has 45 heavy (non-hydrogen) atoms. The first kappa shape index (κ1) is 36.6. The van der Waals surface area contributed by atoms with Crippen LogP contribution in [-0.2, 0) is 19.1 Å². The highest BCUT2D eigenvalue weighted by atomic mass is 16.6. The van der Waals surface area contributed by atoms with Gasteiger partial charge in [0.1, 0.15) is 35.9 Å². The topological polar surface area (TPSA) is 129 Å². The summed E-state index contributed by atoms with van der Waals surface area (Å²) in [6.45, 7) is 15.7. The van der Waals surface area contributed by atoms with Crippen molar-refractivity contribution in [1.82, 2.24) is 10.6 Å². The number of ketones is 2. The first-order chi connectivity index (χ1) is 21.0. The van der Waals surface area contributed by atoms with Crippen molar-refractivity contribution >= 4 is 35.9 Å². The molecule has 0 fully saturated rings. The third-order valence-electron chi connectivity index (χ3n) is 5.73. The average molecular weight is 623 g/mol. The third kappa shape index (κ3) is 15.6. The van der Waals surface area contributed by atoms with E-state index in [0.717, 1.165) is 22.3 Å². The molecule has 2 amide bonds. The Morgan fingerprint density at radius 2 is 1.02 bits per heavy atom. The Bertz CT molecular complexity index is 1290. The summed E-state index contributed by atoms with van der Waals surface area (Å²) < 4.78 is 21.8. The number of hydrogen-bond acceptors (Lipinski definition) is 8. The minimum absolute atomic E-state index is 0.247. The summed E-state index contributed by atoms with van der Waals surface area (Å²) in [6.07, 6.45) is 4.85. The minimum atomic E-state index is -0.564. The van der Waals surface area contributed by atoms with Gasteiger partial charge in [-0.05, 0) is 114 Å². The summed E-state index contributed by atoms with van der Waals surface area (Å²) in [6, 6.07) is 10.9. The molecule has 0 saturated heterocycles. The third-order valence-corrected chi connectivity index (χ3v) is 5.73. The lowest BCUT2D eigenvalue weighted by molar-refractivity contribution is -0.121. The molecule has 0 aromatic heterocycles. The fourth-order valence-corrected chi connectivity index (χ4v) is 3.80. The number of amides is 2. The molecule has 0 radical (unpaired) electrons. The second kappa shape index (κ2) is 17.0. The van der Waals surface area contributed by atoms with Crippen LogP contribution in [0.1, 0.15) is 70.2 Å². The van der Waals surface area contributed by atoms with E-state index in [1.165, 1.54) is 12.2 Å². The summed E-state index contributed by atoms with van der Waals surface area (Å²) in [5.74, 6) is 0.705. The molecular weight excluding hydrogens is 576 g/mol. The molecule has 2 N–H and O–H groups in total. The standard InChI is InChI=1S/C35H46N2O8/c1-24-21-26(11-15-30(24)42-19-17-36-32(40)44-34(3,4)5)9-13-28(38)23-29(39)14-10-27-12-16-31(25(2)22-27)43-20-18-37-33(41)45-35(6,7)8/h9-16,21-22H,17-20,23H2,1-8H3,(H,36,40)(H,37,41)/b13-9+,14-10+. The maximum Gasteiger partial charge on any atom is 0.407 e. The Labute approximate surface area is 266 Å². The van der Waals surface area contributed by atoms with Crippen molar-refractivity contribution in [3.05, 3.63) is 70.8 Å². The van der Waals surface area contributed by atoms with Gasteiger partial charge in [-0.15, -0.1) is 0 Å². The van der Waals surface area contributed by atoms with Gasteiger partial charge in [0.05, 0.1) is 19.5 Å². The quantitative estimate of drug-likeness (QED) is 0.141. The fourth-order valence-electron chi connectivity index (χ4n) is 3.80. The number of carbonyl (C=O) groups excluding carboxylic acids is 4. The minimum Gasteiger partial charge on any atom is -0.491 e. The van der Waals surface area contributed by atoms with Crippen molar-refractivity contribution < 1.29 is 38.1 Å². The summed E-state index contributed by atoms with van der Waals surface area (Å²) in [5.41, 5.74) is 2.19. The van der Waals surface area contributed by atoms with Gasteiger partial charge in [-0.1, -0.05) is 24.3 Å². The van der Waals surface area contributed by atoms with E-state index in [2.05, 4.69) is 10.6 Å². The largest absolute Gasteiger partial charge is 0.491 e. The molecule has 0 saturated carbocycles. The number of alkyl carbamates (subject to hydrolysis) is 2. The van der Waals surface area contributed by atoms with Crippen LogP contribution in [0, 0.1) is 13.8 Å². The van der Waals surface area contributed by atoms with E-state index in [9.17, 15) is 19.2 Å². The molecule has 2 aromatic carbocycles. The smallest absolute Gasteiger partial charge is 0.407 e. The van der Waals surface area contributed by atoms with Gasteiger partial charge in [0, 0.05) is 0 Å². The van der Waals surface area contributed by atoms with E-state index < -0.39 is 23.4 Å². The van der Waals surface area contributed by atoms with Gasteiger partial charge in [-0.3, -0.25) is 9.59 Å². The maximum absolute atomic E-state index is 12.4. The molecule has 0 atom stereocenters. The first-order valence-electron chi connectivity index (χ1n) is 14.8. The van der Waals surface area contributed by atoms with Crippen LogP contribution in [0.15, 0.2) is 48.6 Å². The highest BCUT2D eigenvalue weighted by molar-refractivity contribution is 6.10. The van der Waals surface area contributed by atoms with Crippen LogP contribution in [0.2, 0.25) is 0 Å². The van der Waals surface area contributed by atoms with Gasteiger partial charge in [0.15, 0.2) is 11.6 Å². The highest BCUT2D eigenvalue weighted by Crippen LogP contribution is 2.21. The van der Waals surface area contributed by atoms with Crippen molar-refractivity contribution in [3.8, 4) is 11.5 Å². The van der Waals surface area contributed by atoms with Gasteiger partial charge < -0.3 is 29.6 Å². The predicted molar refractivity (Wildman–Crippen MR) is 175 cm³/mol. The normalized spacial score (nSPS) is 11.7. The Hall–Kier alpha value is -4.60. The summed E-state index contributed by atoms with van der Waals surface area (Å²) >= 11 is 0. The molecule has 0 unspecified atom stereocenters. The summed E-state index contributed by atoms with van der Waals surface area (Å²) in [5, 5.41) is 5.28. The second-order valence-corrected chi connectivity index (χ2v) is 12.4. The van der Waals surface area contributed by atoms with Crippen LogP contribution < -0.4 is 20.1 Å². The van der Waals surface area contributed by atoms with Crippen LogP contribution >= 0.6 is 0 Å². The molecule has 0 aliphatic carbocycles. The van der Waals surface area contributed by atoms with E-state index in [-0.39, 0.29) is 31.2 Å². The second-order valence-electron chi connectivity index (χ2n) is 12.4. The molecule has 0 bridgehead atoms. The number of rotatable bonds is 14. The molecule has 2 rings (SSSR count). The number of nitrogens with one attached hydrogen (secondary N) is 2. The number of benzene rings is 2. The number of ether oxygens (including phenoxy) is 4. The van der Waals surface area contributed by atoms with Crippen LogP contribution in [0.3, 0.4) is 0 Å². The number of carbonyl (C=O) groups is 4. The van der Waals surface area contributed by atoms with Gasteiger partial charge in [0.25, 0.3) is 0 Å². The molecular formula is C35H46N2O8. The van der Waals surface area contributed by atoms with E-state index in [4.69, 9.17) is 18.9 Å². The molecule has 10 heteroatoms. The number of hydrogen-bond donors (Lipinski definition) is 2. The SMILES string of the molecule is Cc1cc(/C=C/C(=O)CC(=O)/C=C/c2ccc(OCCNC(=O)OC(C)(C)C)c(C)c2)ccc1OCCNC(=O)OC(C)(C)C. The van der Waals surface area contributed by atoms with Gasteiger partial charge in [-0.25, -0.2) is 9.59 Å². The monoisotopic (exact) mass is 622 g/mol. The first-order valence-corrected chi connectivity index (χ1v) is 14.8. The van der Waals surface area contributed by atoms with E-state index >= 15 is 0 Å². The fraction of sp³-hybridized carbons (Fsp3) is 0.429. The van der Waals surface area contributed by atoms with Crippen molar-refractivity contribution in [2.75, 3.05) is 26.3 Å². The Balaban J connectivity index is 1.77. The zero-order chi connectivity index (χ0) is 33.6. The van der Waals surface area contributed by atoms with Crippen molar-refractivity contribution in [2.45, 2.75) is 73.0 Å². The summed E-state index contributed by atoms with van der Waals surface area (Å²) in [4.78, 5) is 48.2. The molecule has 0 spiro atoms. The van der Waals surface area contributed by atoms with Gasteiger partial charge in [-0.2, -0.15) is 0 Å². The molecule has 0 heterocycles. The lowest BCUT2D eigenvalue weighted by Gasteiger charge is -2.19. The highest BCUT2D eigenvalue weighted by Gasteiger charge is 2.16. The van der Waals surface area contributed by atoms with E-state index in [1.807, 2.05) is 38.1 Å². The Morgan fingerprint density at radius 1 is 0.644 bits per heavy atom. The molecule has 244 valence electrons. The molecule has 10 nitrogen and oxygen atoms in total. The predicted octanol–water partition coefficient (Wildman–Crippen LogP) is 6.37. The van der Waals surface area contributed by atoms with E-state index in [1.54, 1.807) is 65.8 Å². The summed E-state index contributed by atoms with van der Waals surface area (Å²) in [7, 11) is 0. The zero-order valence-electron chi connectivity index (χ0n) is 27.6.